The third-order valence-corrected chi connectivity index (χ3v) is 7.28. The molecule has 0 aromatic carbocycles. The van der Waals surface area contributed by atoms with Crippen LogP contribution in [0.15, 0.2) is 0 Å². The van der Waals surface area contributed by atoms with Crippen molar-refractivity contribution in [2.75, 3.05) is 39.3 Å². The Morgan fingerprint density at radius 3 is 1.91 bits per heavy atom. The van der Waals surface area contributed by atoms with E-state index in [9.17, 15) is 0 Å². The van der Waals surface area contributed by atoms with Crippen molar-refractivity contribution in [2.24, 2.45) is 17.3 Å². The van der Waals surface area contributed by atoms with Gasteiger partial charge in [-0.3, -0.25) is 4.90 Å². The van der Waals surface area contributed by atoms with Crippen molar-refractivity contribution in [1.82, 2.24) is 14.7 Å². The zero-order chi connectivity index (χ0) is 15.5. The number of likely N-dealkylation sites (tertiary alicyclic amines) is 3. The maximum Gasteiger partial charge on any atom is 0.0102 e. The van der Waals surface area contributed by atoms with Gasteiger partial charge >= 0.3 is 0 Å². The van der Waals surface area contributed by atoms with Crippen LogP contribution in [-0.4, -0.2) is 72.1 Å². The number of hydrogen-bond acceptors (Lipinski definition) is 3. The van der Waals surface area contributed by atoms with Crippen LogP contribution in [0.25, 0.3) is 0 Å². The monoisotopic (exact) mass is 305 g/mol. The van der Waals surface area contributed by atoms with E-state index in [1.807, 2.05) is 0 Å². The molecule has 3 heterocycles. The summed E-state index contributed by atoms with van der Waals surface area (Å²) in [5.74, 6) is 2.00. The van der Waals surface area contributed by atoms with Crippen LogP contribution in [0.3, 0.4) is 0 Å². The molecule has 126 valence electrons. The molecule has 0 aromatic heterocycles. The van der Waals surface area contributed by atoms with Gasteiger partial charge in [-0.1, -0.05) is 0 Å². The average molecular weight is 306 g/mol. The van der Waals surface area contributed by atoms with Gasteiger partial charge in [0.2, 0.25) is 0 Å². The largest absolute Gasteiger partial charge is 0.300 e. The fourth-order valence-electron chi connectivity index (χ4n) is 5.77. The van der Waals surface area contributed by atoms with E-state index in [1.54, 1.807) is 0 Å². The fraction of sp³-hybridized carbons (Fsp3) is 1.00. The van der Waals surface area contributed by atoms with Gasteiger partial charge in [0.15, 0.2) is 0 Å². The van der Waals surface area contributed by atoms with Crippen molar-refractivity contribution in [1.29, 1.82) is 0 Å². The first-order chi connectivity index (χ1) is 10.5. The Bertz CT molecular complexity index is 399. The number of nitrogens with zero attached hydrogens (tertiary/aromatic N) is 3. The Morgan fingerprint density at radius 1 is 0.818 bits per heavy atom. The maximum atomic E-state index is 2.85. The summed E-state index contributed by atoms with van der Waals surface area (Å²) in [4.78, 5) is 8.25. The zero-order valence-corrected chi connectivity index (χ0v) is 15.1. The first kappa shape index (κ1) is 15.4. The van der Waals surface area contributed by atoms with Crippen LogP contribution in [0.2, 0.25) is 0 Å². The van der Waals surface area contributed by atoms with E-state index in [2.05, 4.69) is 42.4 Å². The molecular weight excluding hydrogens is 270 g/mol. The average Bonchev–Trinajstić information content (AvgIpc) is 3.08. The number of rotatable bonds is 3. The van der Waals surface area contributed by atoms with Crippen molar-refractivity contribution in [3.63, 3.8) is 0 Å². The maximum absolute atomic E-state index is 2.85. The topological polar surface area (TPSA) is 9.72 Å². The second-order valence-corrected chi connectivity index (χ2v) is 9.41. The molecule has 3 aliphatic heterocycles. The summed E-state index contributed by atoms with van der Waals surface area (Å²) < 4.78 is 0. The highest BCUT2D eigenvalue weighted by atomic mass is 15.3. The standard InChI is InChI=1S/C19H35N3/c1-14(2)20-6-5-19(11-20)12-22(13-19)18-7-16-9-21(15(3)4)10-17(16)8-18/h14-18H,5-13H2,1-4H3. The number of fused-ring (bicyclic) bond motifs is 1. The number of hydrogen-bond donors (Lipinski definition) is 0. The molecule has 3 saturated heterocycles. The molecular formula is C19H35N3. The van der Waals surface area contributed by atoms with E-state index in [0.717, 1.165) is 30.0 Å². The van der Waals surface area contributed by atoms with Gasteiger partial charge in [0.25, 0.3) is 0 Å². The molecule has 3 heteroatoms. The molecule has 4 aliphatic rings. The summed E-state index contributed by atoms with van der Waals surface area (Å²) in [6.07, 6.45) is 4.41. The van der Waals surface area contributed by atoms with Crippen molar-refractivity contribution in [3.8, 4) is 0 Å². The predicted octanol–water partition coefficient (Wildman–Crippen LogP) is 2.52. The quantitative estimate of drug-likeness (QED) is 0.793. The van der Waals surface area contributed by atoms with E-state index in [1.165, 1.54) is 58.5 Å². The van der Waals surface area contributed by atoms with Crippen molar-refractivity contribution >= 4 is 0 Å². The van der Waals surface area contributed by atoms with Crippen LogP contribution < -0.4 is 0 Å². The summed E-state index contributed by atoms with van der Waals surface area (Å²) in [6.45, 7) is 17.7. The van der Waals surface area contributed by atoms with Crippen LogP contribution in [0, 0.1) is 17.3 Å². The van der Waals surface area contributed by atoms with Gasteiger partial charge in [0.1, 0.15) is 0 Å². The van der Waals surface area contributed by atoms with E-state index < -0.39 is 0 Å². The molecule has 1 saturated carbocycles. The lowest BCUT2D eigenvalue weighted by Gasteiger charge is -2.51. The summed E-state index contributed by atoms with van der Waals surface area (Å²) in [5, 5.41) is 0. The molecule has 2 atom stereocenters. The van der Waals surface area contributed by atoms with Crippen LogP contribution >= 0.6 is 0 Å². The van der Waals surface area contributed by atoms with E-state index in [4.69, 9.17) is 0 Å². The SMILES string of the molecule is CC(C)N1CC2CC(N3CC4(CCN(C(C)C)C4)C3)CC2C1. The molecule has 0 radical (unpaired) electrons. The summed E-state index contributed by atoms with van der Waals surface area (Å²) in [5.41, 5.74) is 0.673. The predicted molar refractivity (Wildman–Crippen MR) is 92.0 cm³/mol. The van der Waals surface area contributed by atoms with Crippen molar-refractivity contribution in [3.05, 3.63) is 0 Å². The molecule has 0 aromatic rings. The third-order valence-electron chi connectivity index (χ3n) is 7.28. The van der Waals surface area contributed by atoms with E-state index in [-0.39, 0.29) is 0 Å². The molecule has 3 nitrogen and oxygen atoms in total. The Morgan fingerprint density at radius 2 is 1.41 bits per heavy atom. The summed E-state index contributed by atoms with van der Waals surface area (Å²) in [7, 11) is 0. The molecule has 2 unspecified atom stereocenters. The molecule has 0 amide bonds. The highest BCUT2D eigenvalue weighted by Gasteiger charge is 2.52. The molecule has 4 fully saturated rings. The van der Waals surface area contributed by atoms with Crippen molar-refractivity contribution < 1.29 is 0 Å². The minimum absolute atomic E-state index is 0.673. The molecule has 1 spiro atoms. The van der Waals surface area contributed by atoms with Crippen LogP contribution in [0.5, 0.6) is 0 Å². The van der Waals surface area contributed by atoms with Crippen LogP contribution in [0.1, 0.15) is 47.0 Å². The third kappa shape index (κ3) is 2.53. The van der Waals surface area contributed by atoms with Gasteiger partial charge in [-0.05, 0) is 65.3 Å². The van der Waals surface area contributed by atoms with Crippen LogP contribution in [-0.2, 0) is 0 Å². The second-order valence-electron chi connectivity index (χ2n) is 9.41. The fourth-order valence-corrected chi connectivity index (χ4v) is 5.77. The van der Waals surface area contributed by atoms with Gasteiger partial charge in [-0.25, -0.2) is 0 Å². The van der Waals surface area contributed by atoms with Gasteiger partial charge in [-0.2, -0.15) is 0 Å². The van der Waals surface area contributed by atoms with Crippen LogP contribution in [0.4, 0.5) is 0 Å². The lowest BCUT2D eigenvalue weighted by atomic mass is 9.78. The summed E-state index contributed by atoms with van der Waals surface area (Å²) in [6, 6.07) is 2.40. The lowest BCUT2D eigenvalue weighted by molar-refractivity contribution is -0.0270. The first-order valence-corrected chi connectivity index (χ1v) is 9.68. The first-order valence-electron chi connectivity index (χ1n) is 9.68. The Labute approximate surface area is 137 Å². The molecule has 0 N–H and O–H groups in total. The minimum atomic E-state index is 0.673. The smallest absolute Gasteiger partial charge is 0.0102 e. The Balaban J connectivity index is 1.28. The summed E-state index contributed by atoms with van der Waals surface area (Å²) >= 11 is 0. The van der Waals surface area contributed by atoms with E-state index in [0.29, 0.717) is 5.41 Å². The molecule has 22 heavy (non-hydrogen) atoms. The van der Waals surface area contributed by atoms with Gasteiger partial charge < -0.3 is 9.80 Å². The Hall–Kier alpha value is -0.120. The van der Waals surface area contributed by atoms with E-state index >= 15 is 0 Å². The zero-order valence-electron chi connectivity index (χ0n) is 15.1. The molecule has 4 rings (SSSR count). The molecule has 1 aliphatic carbocycles. The second kappa shape index (κ2) is 5.46. The highest BCUT2D eigenvalue weighted by Crippen LogP contribution is 2.47. The minimum Gasteiger partial charge on any atom is -0.300 e. The van der Waals surface area contributed by atoms with Gasteiger partial charge in [0, 0.05) is 56.3 Å². The highest BCUT2D eigenvalue weighted by molar-refractivity contribution is 5.06. The lowest BCUT2D eigenvalue weighted by Crippen LogP contribution is -2.60. The molecule has 0 bridgehead atoms. The van der Waals surface area contributed by atoms with Gasteiger partial charge in [0.05, 0.1) is 0 Å². The van der Waals surface area contributed by atoms with Crippen molar-refractivity contribution in [2.45, 2.75) is 65.1 Å². The Kier molecular flexibility index (Phi) is 3.82. The normalized spacial score (nSPS) is 39.3. The van der Waals surface area contributed by atoms with Gasteiger partial charge in [-0.15, -0.1) is 0 Å².